The number of pyridine rings is 1. The van der Waals surface area contributed by atoms with Crippen molar-refractivity contribution in [3.63, 3.8) is 0 Å². The average Bonchev–Trinajstić information content (AvgIpc) is 2.58. The number of anilines is 2. The highest BCUT2D eigenvalue weighted by atomic mass is 16.1. The zero-order chi connectivity index (χ0) is 16.9. The number of benzene rings is 1. The lowest BCUT2D eigenvalue weighted by molar-refractivity contribution is -0.115. The lowest BCUT2D eigenvalue weighted by Gasteiger charge is -2.31. The summed E-state index contributed by atoms with van der Waals surface area (Å²) in [5, 5.41) is 2.89. The van der Waals surface area contributed by atoms with Crippen LogP contribution < -0.4 is 10.2 Å². The smallest absolute Gasteiger partial charge is 0.229 e. The van der Waals surface area contributed by atoms with Gasteiger partial charge in [0.25, 0.3) is 0 Å². The van der Waals surface area contributed by atoms with Gasteiger partial charge in [0.15, 0.2) is 0 Å². The Morgan fingerprint density at radius 1 is 1.21 bits per heavy atom. The third-order valence-corrected chi connectivity index (χ3v) is 4.78. The van der Waals surface area contributed by atoms with Gasteiger partial charge in [0.05, 0.1) is 18.3 Å². The fraction of sp³-hybridized carbons (Fsp3) is 0.400. The number of piperidine rings is 1. The zero-order valence-electron chi connectivity index (χ0n) is 14.5. The Balaban J connectivity index is 1.58. The molecule has 0 saturated carbocycles. The number of hydrogen-bond donors (Lipinski definition) is 1. The Labute approximate surface area is 143 Å². The minimum absolute atomic E-state index is 0.0312. The van der Waals surface area contributed by atoms with E-state index in [0.29, 0.717) is 12.2 Å². The highest BCUT2D eigenvalue weighted by Crippen LogP contribution is 2.23. The molecule has 1 aliphatic heterocycles. The van der Waals surface area contributed by atoms with E-state index in [1.165, 1.54) is 12.8 Å². The average molecular weight is 323 g/mol. The van der Waals surface area contributed by atoms with Crippen LogP contribution in [0.4, 0.5) is 11.5 Å². The lowest BCUT2D eigenvalue weighted by atomic mass is 9.99. The van der Waals surface area contributed by atoms with Crippen LogP contribution in [0.3, 0.4) is 0 Å². The highest BCUT2D eigenvalue weighted by Gasteiger charge is 2.16. The second-order valence-electron chi connectivity index (χ2n) is 6.72. The van der Waals surface area contributed by atoms with Crippen LogP contribution in [0.2, 0.25) is 0 Å². The number of nitrogens with zero attached hydrogens (tertiary/aromatic N) is 2. The number of amides is 1. The molecular formula is C20H25N3O. The summed E-state index contributed by atoms with van der Waals surface area (Å²) in [6, 6.07) is 11.9. The van der Waals surface area contributed by atoms with Gasteiger partial charge in [-0.2, -0.15) is 0 Å². The predicted octanol–water partition coefficient (Wildman–Crippen LogP) is 3.81. The van der Waals surface area contributed by atoms with Gasteiger partial charge in [0.1, 0.15) is 5.82 Å². The molecule has 24 heavy (non-hydrogen) atoms. The van der Waals surface area contributed by atoms with Crippen LogP contribution in [0.1, 0.15) is 30.9 Å². The number of aromatic nitrogens is 1. The fourth-order valence-corrected chi connectivity index (χ4v) is 3.08. The molecule has 0 atom stereocenters. The summed E-state index contributed by atoms with van der Waals surface area (Å²) in [6.45, 7) is 6.50. The fourth-order valence-electron chi connectivity index (χ4n) is 3.08. The summed E-state index contributed by atoms with van der Waals surface area (Å²) in [7, 11) is 0. The first-order chi connectivity index (χ1) is 11.6. The Kier molecular flexibility index (Phi) is 5.14. The van der Waals surface area contributed by atoms with Crippen molar-refractivity contribution in [1.29, 1.82) is 0 Å². The zero-order valence-corrected chi connectivity index (χ0v) is 14.5. The molecule has 3 rings (SSSR count). The molecule has 1 saturated heterocycles. The van der Waals surface area contributed by atoms with E-state index in [4.69, 9.17) is 0 Å². The third-order valence-electron chi connectivity index (χ3n) is 4.78. The van der Waals surface area contributed by atoms with Gasteiger partial charge in [-0.15, -0.1) is 0 Å². The van der Waals surface area contributed by atoms with Gasteiger partial charge in [-0.3, -0.25) is 4.79 Å². The minimum Gasteiger partial charge on any atom is -0.370 e. The molecule has 0 unspecified atom stereocenters. The summed E-state index contributed by atoms with van der Waals surface area (Å²) in [6.07, 6.45) is 4.70. The molecule has 0 aliphatic carbocycles. The van der Waals surface area contributed by atoms with Crippen LogP contribution in [-0.4, -0.2) is 24.0 Å². The van der Waals surface area contributed by atoms with Crippen LogP contribution in [0.15, 0.2) is 42.6 Å². The molecule has 1 fully saturated rings. The second kappa shape index (κ2) is 7.47. The van der Waals surface area contributed by atoms with Crippen molar-refractivity contribution in [3.05, 3.63) is 53.7 Å². The van der Waals surface area contributed by atoms with Crippen LogP contribution in [0, 0.1) is 12.8 Å². The summed E-state index contributed by atoms with van der Waals surface area (Å²) in [4.78, 5) is 19.0. The van der Waals surface area contributed by atoms with E-state index in [1.54, 1.807) is 0 Å². The van der Waals surface area contributed by atoms with E-state index in [0.717, 1.165) is 35.8 Å². The SMILES string of the molecule is Cc1ccccc1CC(=O)Nc1ccc(N2CCC(C)CC2)cn1. The lowest BCUT2D eigenvalue weighted by Crippen LogP contribution is -2.32. The van der Waals surface area contributed by atoms with E-state index in [-0.39, 0.29) is 5.91 Å². The van der Waals surface area contributed by atoms with E-state index in [2.05, 4.69) is 22.1 Å². The maximum absolute atomic E-state index is 12.2. The molecule has 1 aliphatic rings. The number of hydrogen-bond acceptors (Lipinski definition) is 3. The summed E-state index contributed by atoms with van der Waals surface area (Å²) >= 11 is 0. The van der Waals surface area contributed by atoms with Crippen LogP contribution in [0.25, 0.3) is 0 Å². The van der Waals surface area contributed by atoms with Crippen LogP contribution in [-0.2, 0) is 11.2 Å². The molecule has 2 heterocycles. The van der Waals surface area contributed by atoms with E-state index in [9.17, 15) is 4.79 Å². The molecule has 4 nitrogen and oxygen atoms in total. The minimum atomic E-state index is -0.0312. The number of nitrogens with one attached hydrogen (secondary N) is 1. The Bertz CT molecular complexity index is 688. The first-order valence-electron chi connectivity index (χ1n) is 8.67. The summed E-state index contributed by atoms with van der Waals surface area (Å²) in [5.41, 5.74) is 3.32. The first-order valence-corrected chi connectivity index (χ1v) is 8.67. The van der Waals surface area contributed by atoms with Gasteiger partial charge >= 0.3 is 0 Å². The maximum Gasteiger partial charge on any atom is 0.229 e. The van der Waals surface area contributed by atoms with Crippen molar-refractivity contribution >= 4 is 17.4 Å². The summed E-state index contributed by atoms with van der Waals surface area (Å²) < 4.78 is 0. The molecule has 1 amide bonds. The molecule has 1 aromatic carbocycles. The van der Waals surface area contributed by atoms with Gasteiger partial charge in [0.2, 0.25) is 5.91 Å². The molecule has 1 N–H and O–H groups in total. The summed E-state index contributed by atoms with van der Waals surface area (Å²) in [5.74, 6) is 1.40. The van der Waals surface area contributed by atoms with E-state index in [1.807, 2.05) is 49.5 Å². The van der Waals surface area contributed by atoms with Gasteiger partial charge < -0.3 is 10.2 Å². The molecule has 0 spiro atoms. The molecule has 0 bridgehead atoms. The van der Waals surface area contributed by atoms with E-state index < -0.39 is 0 Å². The molecular weight excluding hydrogens is 298 g/mol. The van der Waals surface area contributed by atoms with Crippen molar-refractivity contribution in [1.82, 2.24) is 4.98 Å². The molecule has 126 valence electrons. The standard InChI is InChI=1S/C20H25N3O/c1-15-9-11-23(12-10-15)18-7-8-19(21-14-18)22-20(24)13-17-6-4-3-5-16(17)2/h3-8,14-15H,9-13H2,1-2H3,(H,21,22,24). The van der Waals surface area contributed by atoms with Crippen molar-refractivity contribution in [3.8, 4) is 0 Å². The quantitative estimate of drug-likeness (QED) is 0.930. The Morgan fingerprint density at radius 2 is 1.96 bits per heavy atom. The number of rotatable bonds is 4. The maximum atomic E-state index is 12.2. The topological polar surface area (TPSA) is 45.2 Å². The van der Waals surface area contributed by atoms with Gasteiger partial charge in [0, 0.05) is 13.1 Å². The Hall–Kier alpha value is -2.36. The van der Waals surface area contributed by atoms with Crippen molar-refractivity contribution in [2.75, 3.05) is 23.3 Å². The van der Waals surface area contributed by atoms with E-state index >= 15 is 0 Å². The third kappa shape index (κ3) is 4.13. The largest absolute Gasteiger partial charge is 0.370 e. The number of aryl methyl sites for hydroxylation is 1. The van der Waals surface area contributed by atoms with Crippen molar-refractivity contribution in [2.45, 2.75) is 33.1 Å². The van der Waals surface area contributed by atoms with Gasteiger partial charge in [-0.05, 0) is 48.9 Å². The predicted molar refractivity (Wildman–Crippen MR) is 98.4 cm³/mol. The highest BCUT2D eigenvalue weighted by molar-refractivity contribution is 5.91. The first kappa shape index (κ1) is 16.5. The molecule has 0 radical (unpaired) electrons. The number of carbonyl (C=O) groups is 1. The normalized spacial score (nSPS) is 15.3. The molecule has 2 aromatic rings. The molecule has 1 aromatic heterocycles. The second-order valence-corrected chi connectivity index (χ2v) is 6.72. The van der Waals surface area contributed by atoms with Gasteiger partial charge in [-0.1, -0.05) is 31.2 Å². The monoisotopic (exact) mass is 323 g/mol. The van der Waals surface area contributed by atoms with Crippen molar-refractivity contribution in [2.24, 2.45) is 5.92 Å². The molecule has 4 heteroatoms. The van der Waals surface area contributed by atoms with Gasteiger partial charge in [-0.25, -0.2) is 4.98 Å². The number of carbonyl (C=O) groups excluding carboxylic acids is 1. The Morgan fingerprint density at radius 3 is 2.62 bits per heavy atom. The van der Waals surface area contributed by atoms with Crippen molar-refractivity contribution < 1.29 is 4.79 Å². The van der Waals surface area contributed by atoms with Crippen LogP contribution in [0.5, 0.6) is 0 Å². The van der Waals surface area contributed by atoms with Crippen LogP contribution >= 0.6 is 0 Å².